The van der Waals surface area contributed by atoms with Crippen LogP contribution in [-0.4, -0.2) is 0 Å². The summed E-state index contributed by atoms with van der Waals surface area (Å²) in [7, 11) is 0. The molecule has 1 aliphatic carbocycles. The van der Waals surface area contributed by atoms with Gasteiger partial charge in [-0.25, -0.2) is 0 Å². The zero-order valence-electron chi connectivity index (χ0n) is 32.0. The van der Waals surface area contributed by atoms with Gasteiger partial charge >= 0.3 is 0 Å². The topological polar surface area (TPSA) is 0 Å². The molecule has 0 radical (unpaired) electrons. The average molecular weight is 723 g/mol. The molecule has 0 nitrogen and oxygen atoms in total. The van der Waals surface area contributed by atoms with Crippen LogP contribution in [-0.2, 0) is 5.41 Å². The van der Waals surface area contributed by atoms with Gasteiger partial charge in [0.05, 0.1) is 0 Å². The number of fused-ring (bicyclic) bond motifs is 12. The summed E-state index contributed by atoms with van der Waals surface area (Å²) in [4.78, 5) is 0. The molecule has 11 aromatic carbocycles. The van der Waals surface area contributed by atoms with Gasteiger partial charge in [0.1, 0.15) is 0 Å². The summed E-state index contributed by atoms with van der Waals surface area (Å²) in [6, 6.07) is 72.9. The van der Waals surface area contributed by atoms with Crippen LogP contribution in [0, 0.1) is 0 Å². The summed E-state index contributed by atoms with van der Waals surface area (Å²) < 4.78 is 0. The highest BCUT2D eigenvalue weighted by atomic mass is 14.4. The van der Waals surface area contributed by atoms with Crippen LogP contribution in [0.3, 0.4) is 0 Å². The molecule has 0 spiro atoms. The summed E-state index contributed by atoms with van der Waals surface area (Å²) in [6.45, 7) is 4.73. The number of hydrogen-bond acceptors (Lipinski definition) is 0. The van der Waals surface area contributed by atoms with Gasteiger partial charge < -0.3 is 0 Å². The summed E-state index contributed by atoms with van der Waals surface area (Å²) in [5, 5.41) is 15.3. The van der Waals surface area contributed by atoms with Crippen molar-refractivity contribution in [3.05, 3.63) is 205 Å². The maximum atomic E-state index is 2.47. The lowest BCUT2D eigenvalue weighted by Gasteiger charge is -2.22. The van der Waals surface area contributed by atoms with Crippen LogP contribution in [0.1, 0.15) is 25.0 Å². The SMILES string of the molecule is CC1(C)c2ccccc2-c2cc(-c3c4ccccc4c(-c4ccc5c6ccccc6c6ccccc6c5c4)c4ccc(-c5cccc6ccccc56)cc34)ccc21. The fraction of sp³-hybridized carbons (Fsp3) is 0.0526. The third-order valence-electron chi connectivity index (χ3n) is 13.0. The van der Waals surface area contributed by atoms with Crippen LogP contribution in [0.25, 0.3) is 109 Å². The Bertz CT molecular complexity index is 3450. The second kappa shape index (κ2) is 12.0. The first-order valence-corrected chi connectivity index (χ1v) is 20.1. The van der Waals surface area contributed by atoms with Crippen molar-refractivity contribution in [2.45, 2.75) is 19.3 Å². The molecule has 0 heteroatoms. The molecule has 0 saturated heterocycles. The number of hydrogen-bond donors (Lipinski definition) is 0. The van der Waals surface area contributed by atoms with Crippen LogP contribution in [0.4, 0.5) is 0 Å². The van der Waals surface area contributed by atoms with E-state index in [1.807, 2.05) is 0 Å². The molecule has 1 aliphatic rings. The van der Waals surface area contributed by atoms with Crippen molar-refractivity contribution in [1.29, 1.82) is 0 Å². The Hall–Kier alpha value is -7.02. The first kappa shape index (κ1) is 32.2. The summed E-state index contributed by atoms with van der Waals surface area (Å²) in [5.74, 6) is 0. The van der Waals surface area contributed by atoms with E-state index in [2.05, 4.69) is 208 Å². The maximum Gasteiger partial charge on any atom is 0.0158 e. The minimum absolute atomic E-state index is 0.0500. The van der Waals surface area contributed by atoms with Crippen molar-refractivity contribution in [2.75, 3.05) is 0 Å². The quantitative estimate of drug-likeness (QED) is 0.126. The summed E-state index contributed by atoms with van der Waals surface area (Å²) >= 11 is 0. The third-order valence-corrected chi connectivity index (χ3v) is 13.0. The lowest BCUT2D eigenvalue weighted by atomic mass is 9.81. The molecule has 12 rings (SSSR count). The van der Waals surface area contributed by atoms with E-state index < -0.39 is 0 Å². The Morgan fingerprint density at radius 2 is 0.702 bits per heavy atom. The van der Waals surface area contributed by atoms with Crippen LogP contribution >= 0.6 is 0 Å². The molecule has 57 heavy (non-hydrogen) atoms. The standard InChI is InChI=1S/C57H38/c1-57(2)53-25-12-11-21-46(53)51-34-38(28-31-54(51)57)56-48-23-10-9-22-47(48)55(49-30-26-36(32-52(49)56)40-24-13-15-35-14-3-4-16-39(35)40)37-27-29-45-43-19-6-5-17-41(43)42-18-7-8-20-44(42)50(45)33-37/h3-34H,1-2H3. The van der Waals surface area contributed by atoms with Gasteiger partial charge in [0.25, 0.3) is 0 Å². The molecule has 0 atom stereocenters. The highest BCUT2D eigenvalue weighted by Crippen LogP contribution is 2.52. The van der Waals surface area contributed by atoms with E-state index in [0.29, 0.717) is 0 Å². The molecule has 266 valence electrons. The van der Waals surface area contributed by atoms with Gasteiger partial charge in [0, 0.05) is 5.41 Å². The zero-order chi connectivity index (χ0) is 37.8. The Kier molecular flexibility index (Phi) is 6.78. The van der Waals surface area contributed by atoms with Crippen molar-refractivity contribution in [1.82, 2.24) is 0 Å². The van der Waals surface area contributed by atoms with Crippen molar-refractivity contribution in [2.24, 2.45) is 0 Å². The Morgan fingerprint density at radius 1 is 0.263 bits per heavy atom. The van der Waals surface area contributed by atoms with Crippen molar-refractivity contribution < 1.29 is 0 Å². The highest BCUT2D eigenvalue weighted by molar-refractivity contribution is 6.27. The first-order chi connectivity index (χ1) is 28.0. The molecular formula is C57H38. The van der Waals surface area contributed by atoms with E-state index in [1.165, 1.54) is 120 Å². The molecule has 0 N–H and O–H groups in total. The molecule has 0 saturated carbocycles. The highest BCUT2D eigenvalue weighted by Gasteiger charge is 2.35. The zero-order valence-corrected chi connectivity index (χ0v) is 32.0. The molecule has 0 aromatic heterocycles. The van der Waals surface area contributed by atoms with Gasteiger partial charge in [-0.3, -0.25) is 0 Å². The molecule has 0 aliphatic heterocycles. The van der Waals surface area contributed by atoms with E-state index in [-0.39, 0.29) is 5.41 Å². The third kappa shape index (κ3) is 4.62. The smallest absolute Gasteiger partial charge is 0.0158 e. The fourth-order valence-corrected chi connectivity index (χ4v) is 10.4. The molecule has 0 bridgehead atoms. The Morgan fingerprint density at radius 3 is 1.44 bits per heavy atom. The molecule has 11 aromatic rings. The van der Waals surface area contributed by atoms with E-state index in [0.717, 1.165) is 0 Å². The van der Waals surface area contributed by atoms with Crippen LogP contribution in [0.15, 0.2) is 194 Å². The van der Waals surface area contributed by atoms with Gasteiger partial charge in [0.15, 0.2) is 0 Å². The van der Waals surface area contributed by atoms with Crippen LogP contribution < -0.4 is 0 Å². The normalized spacial score (nSPS) is 13.2. The maximum absolute atomic E-state index is 2.47. The predicted octanol–water partition coefficient (Wildman–Crippen LogP) is 15.9. The minimum Gasteiger partial charge on any atom is -0.0619 e. The largest absolute Gasteiger partial charge is 0.0619 e. The van der Waals surface area contributed by atoms with Gasteiger partial charge in [-0.2, -0.15) is 0 Å². The van der Waals surface area contributed by atoms with Crippen LogP contribution in [0.5, 0.6) is 0 Å². The molecular weight excluding hydrogens is 685 g/mol. The van der Waals surface area contributed by atoms with E-state index in [4.69, 9.17) is 0 Å². The lowest BCUT2D eigenvalue weighted by molar-refractivity contribution is 0.660. The Labute approximate surface area is 332 Å². The monoisotopic (exact) mass is 722 g/mol. The fourth-order valence-electron chi connectivity index (χ4n) is 10.4. The average Bonchev–Trinajstić information content (AvgIpc) is 3.50. The first-order valence-electron chi connectivity index (χ1n) is 20.1. The summed E-state index contributed by atoms with van der Waals surface area (Å²) in [5.41, 5.74) is 13.0. The van der Waals surface area contributed by atoms with Gasteiger partial charge in [-0.05, 0) is 138 Å². The van der Waals surface area contributed by atoms with Crippen molar-refractivity contribution >= 4 is 64.6 Å². The number of benzene rings is 11. The predicted molar refractivity (Wildman–Crippen MR) is 245 cm³/mol. The molecule has 0 fully saturated rings. The van der Waals surface area contributed by atoms with Crippen molar-refractivity contribution in [3.63, 3.8) is 0 Å². The molecule has 0 amide bonds. The number of rotatable bonds is 3. The van der Waals surface area contributed by atoms with E-state index in [9.17, 15) is 0 Å². The second-order valence-corrected chi connectivity index (χ2v) is 16.4. The van der Waals surface area contributed by atoms with Crippen molar-refractivity contribution in [3.8, 4) is 44.5 Å². The molecule has 0 unspecified atom stereocenters. The minimum atomic E-state index is -0.0500. The van der Waals surface area contributed by atoms with Gasteiger partial charge in [-0.15, -0.1) is 0 Å². The summed E-state index contributed by atoms with van der Waals surface area (Å²) in [6.07, 6.45) is 0. The van der Waals surface area contributed by atoms with Gasteiger partial charge in [0.2, 0.25) is 0 Å². The lowest BCUT2D eigenvalue weighted by Crippen LogP contribution is -2.14. The molecule has 0 heterocycles. The van der Waals surface area contributed by atoms with Crippen LogP contribution in [0.2, 0.25) is 0 Å². The Balaban J connectivity index is 1.19. The van der Waals surface area contributed by atoms with E-state index in [1.54, 1.807) is 0 Å². The van der Waals surface area contributed by atoms with Gasteiger partial charge in [-0.1, -0.05) is 190 Å². The van der Waals surface area contributed by atoms with E-state index >= 15 is 0 Å². The second-order valence-electron chi connectivity index (χ2n) is 16.4.